The van der Waals surface area contributed by atoms with E-state index in [1.54, 1.807) is 0 Å². The van der Waals surface area contributed by atoms with Crippen molar-refractivity contribution in [2.24, 2.45) is 0 Å². The van der Waals surface area contributed by atoms with Crippen LogP contribution in [0.25, 0.3) is 0 Å². The number of hydrogen-bond acceptors (Lipinski definition) is 0. The van der Waals surface area contributed by atoms with Gasteiger partial charge in [-0.05, 0) is 0 Å². The molecule has 0 aromatic carbocycles. The van der Waals surface area contributed by atoms with Crippen LogP contribution in [-0.4, -0.2) is 0 Å². The first-order valence-electron chi connectivity index (χ1n) is 0.252. The Morgan fingerprint density at radius 1 is 1.00 bits per heavy atom. The molecule has 0 spiro atoms. The second kappa shape index (κ2) is 16.8. The molecule has 2 atom stereocenters. The number of hydrogen-bond donors (Lipinski definition) is 0. The Labute approximate surface area is 53.1 Å². The van der Waals surface area contributed by atoms with Crippen molar-refractivity contribution in [3.05, 3.63) is 0 Å². The van der Waals surface area contributed by atoms with Gasteiger partial charge in [-0.15, -0.1) is 0 Å². The Hall–Kier alpha value is 1.95. The summed E-state index contributed by atoms with van der Waals surface area (Å²) >= 11 is 0.382. The molecule has 0 nitrogen and oxygen atoms in total. The fraction of sp³-hybridized carbons (Fsp3) is 0. The molecule has 0 aromatic heterocycles. The molecule has 0 saturated carbocycles. The third kappa shape index (κ3) is 24.4. The van der Waals surface area contributed by atoms with Crippen molar-refractivity contribution in [2.75, 3.05) is 0 Å². The Morgan fingerprint density at radius 3 is 1.00 bits per heavy atom. The summed E-state index contributed by atoms with van der Waals surface area (Å²) in [6.45, 7) is 0. The van der Waals surface area contributed by atoms with Crippen LogP contribution in [0.5, 0.6) is 0 Å². The molecule has 0 aliphatic rings. The predicted molar refractivity (Wildman–Crippen MR) is 33.9 cm³/mol. The van der Waals surface area contributed by atoms with E-state index in [0.717, 1.165) is 0 Å². The molecule has 39 valence electrons. The van der Waals surface area contributed by atoms with E-state index in [9.17, 15) is 0 Å². The molecule has 0 saturated heterocycles. The third-order valence-electron chi connectivity index (χ3n) is 0. The average Bonchev–Trinajstić information content (AvgIpc) is 0.918. The molecule has 0 rings (SSSR count). The maximum atomic E-state index is 4.73. The molecule has 0 heterocycles. The Kier molecular flexibility index (Phi) is 52.9. The molecule has 0 fully saturated rings. The summed E-state index contributed by atoms with van der Waals surface area (Å²) in [4.78, 5) is 0. The zero-order valence-corrected chi connectivity index (χ0v) is 7.88. The van der Waals surface area contributed by atoms with E-state index >= 15 is 0 Å². The normalized spacial score (nSPS) is 4.40. The molecule has 5 heavy (non-hydrogen) atoms. The first-order chi connectivity index (χ1) is 1.41. The summed E-state index contributed by atoms with van der Waals surface area (Å²) in [6.07, 6.45) is 0. The molecule has 0 aliphatic heterocycles. The maximum absolute atomic E-state index is 4.73. The topological polar surface area (TPSA) is 0 Å². The van der Waals surface area contributed by atoms with E-state index < -0.39 is 0 Å². The zero-order valence-electron chi connectivity index (χ0n) is 2.50. The van der Waals surface area contributed by atoms with Gasteiger partial charge < -0.3 is 0 Å². The molecule has 0 radical (unpaired) electrons. The monoisotopic (exact) mass is 197 g/mol. The molecular weight excluding hydrogens is 192 g/mol. The van der Waals surface area contributed by atoms with Crippen LogP contribution in [0.15, 0.2) is 0 Å². The van der Waals surface area contributed by atoms with E-state index in [2.05, 4.69) is 0 Å². The minimum absolute atomic E-state index is 0. The van der Waals surface area contributed by atoms with Gasteiger partial charge >= 0.3 is 33.2 Å². The van der Waals surface area contributed by atoms with E-state index in [0.29, 0.717) is 12.9 Å². The van der Waals surface area contributed by atoms with Gasteiger partial charge in [0.2, 0.25) is 0 Å². The minimum atomic E-state index is 0. The standard InChI is InChI=1S/2ClH.Co.2H3P/h2*1H;;2*1H3/q;;+2;;/p-2. The number of rotatable bonds is 0. The quantitative estimate of drug-likeness (QED) is 0.517. The van der Waals surface area contributed by atoms with Gasteiger partial charge in [0.1, 0.15) is 0 Å². The molecule has 0 bridgehead atoms. The van der Waals surface area contributed by atoms with Gasteiger partial charge in [0.15, 0.2) is 0 Å². The van der Waals surface area contributed by atoms with Crippen LogP contribution in [-0.2, 0) is 12.9 Å². The molecule has 0 N–H and O–H groups in total. The van der Waals surface area contributed by atoms with Crippen molar-refractivity contribution in [1.82, 2.24) is 0 Å². The van der Waals surface area contributed by atoms with Crippen LogP contribution in [0.3, 0.4) is 0 Å². The van der Waals surface area contributed by atoms with Crippen molar-refractivity contribution in [1.29, 1.82) is 0 Å². The molecule has 0 amide bonds. The van der Waals surface area contributed by atoms with Gasteiger partial charge in [0.05, 0.1) is 0 Å². The van der Waals surface area contributed by atoms with Crippen LogP contribution in [0.1, 0.15) is 0 Å². The van der Waals surface area contributed by atoms with Crippen LogP contribution in [0.2, 0.25) is 0 Å². The summed E-state index contributed by atoms with van der Waals surface area (Å²) in [5.74, 6) is 0. The summed E-state index contributed by atoms with van der Waals surface area (Å²) in [5, 5.41) is 0. The molecule has 5 heteroatoms. The van der Waals surface area contributed by atoms with Gasteiger partial charge in [-0.1, -0.05) is 0 Å². The summed E-state index contributed by atoms with van der Waals surface area (Å²) < 4.78 is 0. The Morgan fingerprint density at radius 2 is 1.00 bits per heavy atom. The van der Waals surface area contributed by atoms with Gasteiger partial charge in [0, 0.05) is 0 Å². The van der Waals surface area contributed by atoms with Crippen LogP contribution >= 0.6 is 40.1 Å². The van der Waals surface area contributed by atoms with Crippen molar-refractivity contribution in [3.63, 3.8) is 0 Å². The summed E-state index contributed by atoms with van der Waals surface area (Å²) in [6, 6.07) is 0. The summed E-state index contributed by atoms with van der Waals surface area (Å²) in [7, 11) is 9.47. The molecule has 0 aliphatic carbocycles. The fourth-order valence-electron chi connectivity index (χ4n) is 0. The van der Waals surface area contributed by atoms with Gasteiger partial charge in [0.25, 0.3) is 0 Å². The first-order valence-corrected chi connectivity index (χ1v) is 3.12. The zero-order chi connectivity index (χ0) is 2.71. The molecular formula is H6Cl2CoP2. The van der Waals surface area contributed by atoms with E-state index in [4.69, 9.17) is 20.3 Å². The van der Waals surface area contributed by atoms with Crippen molar-refractivity contribution in [3.8, 4) is 0 Å². The number of halogens is 2. The van der Waals surface area contributed by atoms with E-state index in [1.807, 2.05) is 0 Å². The second-order valence-electron chi connectivity index (χ2n) is 0.0476. The first kappa shape index (κ1) is 15.8. The van der Waals surface area contributed by atoms with Crippen molar-refractivity contribution in [2.45, 2.75) is 0 Å². The molecule has 2 unspecified atom stereocenters. The van der Waals surface area contributed by atoms with E-state index in [1.165, 1.54) is 0 Å². The van der Waals surface area contributed by atoms with Crippen LogP contribution in [0, 0.1) is 0 Å². The summed E-state index contributed by atoms with van der Waals surface area (Å²) in [5.41, 5.74) is 0. The fourth-order valence-corrected chi connectivity index (χ4v) is 0. The van der Waals surface area contributed by atoms with Crippen LogP contribution in [0.4, 0.5) is 0 Å². The van der Waals surface area contributed by atoms with Gasteiger partial charge in [-0.25, -0.2) is 0 Å². The second-order valence-corrected chi connectivity index (χ2v) is 1.77. The average molecular weight is 198 g/mol. The van der Waals surface area contributed by atoms with Crippen LogP contribution < -0.4 is 0 Å². The van der Waals surface area contributed by atoms with Crippen molar-refractivity contribution >= 4 is 40.1 Å². The van der Waals surface area contributed by atoms with Gasteiger partial charge in [-0.2, -0.15) is 19.8 Å². The Balaban J connectivity index is -0.0000000200. The molecule has 0 aromatic rings. The third-order valence-corrected chi connectivity index (χ3v) is 0. The Bertz CT molecular complexity index is 7.61. The SMILES string of the molecule is P.P.[Cl][Co][Cl]. The van der Waals surface area contributed by atoms with Crippen molar-refractivity contribution < 1.29 is 12.9 Å². The predicted octanol–water partition coefficient (Wildman–Crippen LogP) is 1.49. The van der Waals surface area contributed by atoms with E-state index in [-0.39, 0.29) is 19.8 Å². The van der Waals surface area contributed by atoms with Gasteiger partial charge in [-0.3, -0.25) is 0 Å².